The number of nitrogens with zero attached hydrogens (tertiary/aromatic N) is 1. The number of hydrogen-bond acceptors (Lipinski definition) is 3. The third kappa shape index (κ3) is 4.07. The van der Waals surface area contributed by atoms with Crippen molar-refractivity contribution in [3.63, 3.8) is 0 Å². The number of pyridine rings is 1. The van der Waals surface area contributed by atoms with Crippen molar-refractivity contribution in [2.24, 2.45) is 0 Å². The number of amides is 3. The number of benzene rings is 1. The predicted octanol–water partition coefficient (Wildman–Crippen LogP) is 4.00. The molecule has 0 unspecified atom stereocenters. The first-order valence-electron chi connectivity index (χ1n) is 5.65. The number of nitrogens with one attached hydrogen (secondary N) is 2. The van der Waals surface area contributed by atoms with E-state index in [-0.39, 0.29) is 21.4 Å². The Bertz CT molecular complexity index is 687. The highest BCUT2D eigenvalue weighted by Gasteiger charge is 2.17. The van der Waals surface area contributed by atoms with Gasteiger partial charge in [-0.05, 0) is 24.3 Å². The van der Waals surface area contributed by atoms with Crippen LogP contribution in [0.5, 0.6) is 0 Å². The van der Waals surface area contributed by atoms with E-state index >= 15 is 0 Å². The maximum atomic E-state index is 12.0. The van der Waals surface area contributed by atoms with Crippen LogP contribution < -0.4 is 10.6 Å². The number of hydrogen-bond donors (Lipinski definition) is 2. The highest BCUT2D eigenvalue weighted by atomic mass is 35.5. The summed E-state index contributed by atoms with van der Waals surface area (Å²) in [6.07, 6.45) is 1.42. The van der Waals surface area contributed by atoms with E-state index in [1.54, 1.807) is 12.1 Å². The zero-order chi connectivity index (χ0) is 15.4. The van der Waals surface area contributed by atoms with Gasteiger partial charge in [0, 0.05) is 11.2 Å². The van der Waals surface area contributed by atoms with Gasteiger partial charge >= 0.3 is 6.03 Å². The van der Waals surface area contributed by atoms with Crippen LogP contribution >= 0.6 is 34.8 Å². The number of rotatable bonds is 2. The van der Waals surface area contributed by atoms with Crippen LogP contribution in [0.1, 0.15) is 10.4 Å². The zero-order valence-electron chi connectivity index (χ0n) is 10.4. The molecule has 0 fully saturated rings. The Morgan fingerprint density at radius 3 is 2.33 bits per heavy atom. The topological polar surface area (TPSA) is 71.1 Å². The van der Waals surface area contributed by atoms with Gasteiger partial charge in [-0.2, -0.15) is 0 Å². The second-order valence-electron chi connectivity index (χ2n) is 3.86. The number of imide groups is 1. The maximum absolute atomic E-state index is 12.0. The minimum atomic E-state index is -0.772. The monoisotopic (exact) mass is 343 g/mol. The lowest BCUT2D eigenvalue weighted by Crippen LogP contribution is -2.34. The minimum absolute atomic E-state index is 0.0232. The number of carbonyl (C=O) groups is 2. The van der Waals surface area contributed by atoms with E-state index in [1.165, 1.54) is 24.4 Å². The lowest BCUT2D eigenvalue weighted by atomic mass is 10.2. The van der Waals surface area contributed by atoms with Crippen molar-refractivity contribution in [1.82, 2.24) is 10.3 Å². The summed E-state index contributed by atoms with van der Waals surface area (Å²) in [5.74, 6) is -0.511. The smallest absolute Gasteiger partial charge is 0.292 e. The SMILES string of the molecule is O=C(NC(=O)c1c(Cl)cccc1Cl)Nc1cc(Cl)ccn1. The van der Waals surface area contributed by atoms with Crippen LogP contribution in [0.3, 0.4) is 0 Å². The van der Waals surface area contributed by atoms with Crippen LogP contribution in [-0.2, 0) is 0 Å². The molecule has 2 N–H and O–H groups in total. The summed E-state index contributed by atoms with van der Waals surface area (Å²) < 4.78 is 0. The third-order valence-corrected chi connectivity index (χ3v) is 3.25. The molecular weight excluding hydrogens is 337 g/mol. The molecule has 0 spiro atoms. The fraction of sp³-hybridized carbons (Fsp3) is 0. The summed E-state index contributed by atoms with van der Waals surface area (Å²) in [5.41, 5.74) is 0.0232. The summed E-state index contributed by atoms with van der Waals surface area (Å²) in [4.78, 5) is 27.6. The molecule has 5 nitrogen and oxygen atoms in total. The number of carbonyl (C=O) groups excluding carboxylic acids is 2. The van der Waals surface area contributed by atoms with E-state index in [9.17, 15) is 9.59 Å². The Morgan fingerprint density at radius 2 is 1.71 bits per heavy atom. The lowest BCUT2D eigenvalue weighted by molar-refractivity contribution is 0.0967. The van der Waals surface area contributed by atoms with Gasteiger partial charge in [-0.25, -0.2) is 9.78 Å². The Morgan fingerprint density at radius 1 is 1.05 bits per heavy atom. The summed E-state index contributed by atoms with van der Waals surface area (Å²) in [6.45, 7) is 0. The predicted molar refractivity (Wildman–Crippen MR) is 82.2 cm³/mol. The highest BCUT2D eigenvalue weighted by Crippen LogP contribution is 2.23. The van der Waals surface area contributed by atoms with Gasteiger partial charge in [0.25, 0.3) is 5.91 Å². The normalized spacial score (nSPS) is 10.0. The van der Waals surface area contributed by atoms with Crippen LogP contribution in [0.15, 0.2) is 36.5 Å². The summed E-state index contributed by atoms with van der Waals surface area (Å²) >= 11 is 17.5. The van der Waals surface area contributed by atoms with Crippen molar-refractivity contribution in [3.05, 3.63) is 57.2 Å². The van der Waals surface area contributed by atoms with Gasteiger partial charge in [-0.3, -0.25) is 15.4 Å². The van der Waals surface area contributed by atoms with Gasteiger partial charge < -0.3 is 0 Å². The number of aromatic nitrogens is 1. The number of halogens is 3. The number of urea groups is 1. The van der Waals surface area contributed by atoms with Gasteiger partial charge in [-0.15, -0.1) is 0 Å². The lowest BCUT2D eigenvalue weighted by Gasteiger charge is -2.08. The van der Waals surface area contributed by atoms with Gasteiger partial charge in [-0.1, -0.05) is 40.9 Å². The summed E-state index contributed by atoms with van der Waals surface area (Å²) in [6, 6.07) is 6.81. The van der Waals surface area contributed by atoms with Crippen molar-refractivity contribution < 1.29 is 9.59 Å². The van der Waals surface area contributed by atoms with Crippen LogP contribution in [0.2, 0.25) is 15.1 Å². The van der Waals surface area contributed by atoms with Crippen molar-refractivity contribution in [3.8, 4) is 0 Å². The first-order chi connectivity index (χ1) is 9.97. The minimum Gasteiger partial charge on any atom is -0.292 e. The molecule has 108 valence electrons. The Kier molecular flexibility index (Phi) is 5.01. The van der Waals surface area contributed by atoms with Crippen LogP contribution in [0, 0.1) is 0 Å². The van der Waals surface area contributed by atoms with E-state index in [0.29, 0.717) is 5.02 Å². The molecule has 0 saturated heterocycles. The second-order valence-corrected chi connectivity index (χ2v) is 5.12. The van der Waals surface area contributed by atoms with Crippen LogP contribution in [-0.4, -0.2) is 16.9 Å². The van der Waals surface area contributed by atoms with E-state index in [1.807, 2.05) is 0 Å². The van der Waals surface area contributed by atoms with E-state index < -0.39 is 11.9 Å². The average Bonchev–Trinajstić information content (AvgIpc) is 2.38. The molecule has 0 bridgehead atoms. The summed E-state index contributed by atoms with van der Waals surface area (Å²) in [7, 11) is 0. The first-order valence-corrected chi connectivity index (χ1v) is 6.78. The van der Waals surface area contributed by atoms with Gasteiger partial charge in [0.05, 0.1) is 15.6 Å². The Hall–Kier alpha value is -1.82. The van der Waals surface area contributed by atoms with Crippen molar-refractivity contribution in [2.75, 3.05) is 5.32 Å². The molecular formula is C13H8Cl3N3O2. The number of anilines is 1. The highest BCUT2D eigenvalue weighted by molar-refractivity contribution is 6.40. The van der Waals surface area contributed by atoms with Crippen LogP contribution in [0.4, 0.5) is 10.6 Å². The fourth-order valence-corrected chi connectivity index (χ4v) is 2.23. The fourth-order valence-electron chi connectivity index (χ4n) is 1.50. The molecule has 0 atom stereocenters. The molecule has 2 rings (SSSR count). The average molecular weight is 345 g/mol. The molecule has 1 heterocycles. The van der Waals surface area contributed by atoms with E-state index in [2.05, 4.69) is 15.6 Å². The van der Waals surface area contributed by atoms with Crippen LogP contribution in [0.25, 0.3) is 0 Å². The molecule has 3 amide bonds. The molecule has 0 aliphatic carbocycles. The zero-order valence-corrected chi connectivity index (χ0v) is 12.6. The standard InChI is InChI=1S/C13H8Cl3N3O2/c14-7-4-5-17-10(6-7)18-13(21)19-12(20)11-8(15)2-1-3-9(11)16/h1-6H,(H2,17,18,19,20,21). The molecule has 0 aliphatic rings. The second kappa shape index (κ2) is 6.76. The molecule has 0 radical (unpaired) electrons. The van der Waals surface area contributed by atoms with Gasteiger partial charge in [0.1, 0.15) is 5.82 Å². The van der Waals surface area contributed by atoms with E-state index in [4.69, 9.17) is 34.8 Å². The van der Waals surface area contributed by atoms with Gasteiger partial charge in [0.2, 0.25) is 0 Å². The third-order valence-electron chi connectivity index (χ3n) is 2.38. The molecule has 1 aromatic heterocycles. The maximum Gasteiger partial charge on any atom is 0.327 e. The van der Waals surface area contributed by atoms with Gasteiger partial charge in [0.15, 0.2) is 0 Å². The molecule has 8 heteroatoms. The molecule has 21 heavy (non-hydrogen) atoms. The molecule has 0 saturated carbocycles. The van der Waals surface area contributed by atoms with E-state index in [0.717, 1.165) is 0 Å². The molecule has 0 aliphatic heterocycles. The first kappa shape index (κ1) is 15.6. The molecule has 1 aromatic carbocycles. The van der Waals surface area contributed by atoms with Crippen molar-refractivity contribution >= 4 is 52.6 Å². The van der Waals surface area contributed by atoms with Crippen molar-refractivity contribution in [2.45, 2.75) is 0 Å². The van der Waals surface area contributed by atoms with Crippen molar-refractivity contribution in [1.29, 1.82) is 0 Å². The quantitative estimate of drug-likeness (QED) is 0.865. The largest absolute Gasteiger partial charge is 0.327 e. The Balaban J connectivity index is 2.08. The summed E-state index contributed by atoms with van der Waals surface area (Å²) in [5, 5.41) is 5.17. The Labute approximate surface area is 135 Å². The molecule has 2 aromatic rings.